The Hall–Kier alpha value is -2.06. The van der Waals surface area contributed by atoms with Gasteiger partial charge in [-0.1, -0.05) is 25.1 Å². The molecule has 2 aromatic heterocycles. The van der Waals surface area contributed by atoms with E-state index < -0.39 is 6.10 Å². The number of aliphatic hydroxyl groups excluding tert-OH is 1. The fraction of sp³-hybridized carbons (Fsp3) is 0.643. The minimum atomic E-state index is -0.492. The summed E-state index contributed by atoms with van der Waals surface area (Å²) in [5.41, 5.74) is 4.58. The number of rotatable bonds is 7. The summed E-state index contributed by atoms with van der Waals surface area (Å²) in [5.74, 6) is 0.993. The van der Waals surface area contributed by atoms with Gasteiger partial charge < -0.3 is 14.6 Å². The molecule has 0 saturated carbocycles. The summed E-state index contributed by atoms with van der Waals surface area (Å²) in [7, 11) is 4.35. The van der Waals surface area contributed by atoms with Gasteiger partial charge >= 0.3 is 0 Å². The van der Waals surface area contributed by atoms with E-state index in [4.69, 9.17) is 9.97 Å². The van der Waals surface area contributed by atoms with E-state index in [1.165, 1.54) is 17.7 Å². The Kier molecular flexibility index (Phi) is 10.5. The zero-order valence-electron chi connectivity index (χ0n) is 22.7. The predicted molar refractivity (Wildman–Crippen MR) is 143 cm³/mol. The molecule has 0 aromatic carbocycles. The summed E-state index contributed by atoms with van der Waals surface area (Å²) in [6.45, 7) is 13.9. The van der Waals surface area contributed by atoms with Crippen LogP contribution >= 0.6 is 0 Å². The number of pyridine rings is 1. The molecule has 2 aromatic rings. The highest BCUT2D eigenvalue weighted by Gasteiger charge is 2.28. The molecule has 0 radical (unpaired) electrons. The van der Waals surface area contributed by atoms with Gasteiger partial charge in [-0.15, -0.1) is 0 Å². The highest BCUT2D eigenvalue weighted by atomic mass is 16.3. The molecule has 7 heteroatoms. The van der Waals surface area contributed by atoms with Crippen molar-refractivity contribution >= 4 is 0 Å². The van der Waals surface area contributed by atoms with Gasteiger partial charge in [-0.3, -0.25) is 14.8 Å². The lowest BCUT2D eigenvalue weighted by Crippen LogP contribution is -2.45. The molecule has 194 valence electrons. The molecular formula is C28H46N6O. The van der Waals surface area contributed by atoms with E-state index in [1.807, 2.05) is 45.2 Å². The van der Waals surface area contributed by atoms with Gasteiger partial charge in [-0.25, -0.2) is 4.98 Å². The molecule has 1 N–H and O–H groups in total. The third-order valence-electron chi connectivity index (χ3n) is 7.34. The first-order valence-electron chi connectivity index (χ1n) is 13.3. The third kappa shape index (κ3) is 7.00. The van der Waals surface area contributed by atoms with Crippen LogP contribution < -0.4 is 0 Å². The second-order valence-electron chi connectivity index (χ2n) is 9.94. The normalized spacial score (nSPS) is 20.1. The van der Waals surface area contributed by atoms with Crippen LogP contribution in [0.2, 0.25) is 0 Å². The number of aliphatic hydroxyl groups is 1. The van der Waals surface area contributed by atoms with Crippen molar-refractivity contribution in [1.29, 1.82) is 0 Å². The maximum absolute atomic E-state index is 10.9. The molecule has 1 unspecified atom stereocenters. The molecule has 1 saturated heterocycles. The summed E-state index contributed by atoms with van der Waals surface area (Å²) >= 11 is 0. The van der Waals surface area contributed by atoms with Gasteiger partial charge in [0.2, 0.25) is 0 Å². The molecule has 35 heavy (non-hydrogen) atoms. The van der Waals surface area contributed by atoms with Crippen molar-refractivity contribution in [3.8, 4) is 0 Å². The molecule has 7 nitrogen and oxygen atoms in total. The number of piperazine rings is 1. The number of aryl methyl sites for hydroxylation is 2. The Morgan fingerprint density at radius 2 is 1.91 bits per heavy atom. The monoisotopic (exact) mass is 482 g/mol. The smallest absolute Gasteiger partial charge is 0.107 e. The molecular weight excluding hydrogens is 436 g/mol. The van der Waals surface area contributed by atoms with Crippen LogP contribution in [0, 0.1) is 6.92 Å². The Morgan fingerprint density at radius 1 is 1.20 bits per heavy atom. The van der Waals surface area contributed by atoms with Crippen molar-refractivity contribution in [2.75, 3.05) is 40.3 Å². The van der Waals surface area contributed by atoms with Crippen LogP contribution in [0.1, 0.15) is 80.6 Å². The molecule has 0 amide bonds. The van der Waals surface area contributed by atoms with E-state index >= 15 is 0 Å². The molecule has 0 spiro atoms. The Morgan fingerprint density at radius 3 is 2.57 bits per heavy atom. The van der Waals surface area contributed by atoms with Crippen molar-refractivity contribution in [2.24, 2.45) is 0 Å². The van der Waals surface area contributed by atoms with Crippen molar-refractivity contribution in [3.63, 3.8) is 0 Å². The van der Waals surface area contributed by atoms with Gasteiger partial charge in [0.1, 0.15) is 5.82 Å². The van der Waals surface area contributed by atoms with E-state index in [0.717, 1.165) is 69.4 Å². The van der Waals surface area contributed by atoms with Crippen LogP contribution in [-0.2, 0) is 19.6 Å². The van der Waals surface area contributed by atoms with Gasteiger partial charge in [0.05, 0.1) is 35.9 Å². The minimum absolute atomic E-state index is 0.305. The van der Waals surface area contributed by atoms with E-state index in [-0.39, 0.29) is 0 Å². The van der Waals surface area contributed by atoms with E-state index in [0.29, 0.717) is 12.5 Å². The zero-order chi connectivity index (χ0) is 25.4. The van der Waals surface area contributed by atoms with Crippen LogP contribution in [0.25, 0.3) is 0 Å². The fourth-order valence-electron chi connectivity index (χ4n) is 5.05. The summed E-state index contributed by atoms with van der Waals surface area (Å²) in [4.78, 5) is 16.9. The standard InChI is InChI=1S/C24H38N6O.C4H8/c1-5-22(31)24-20(26-18(2)30(24)17-29-14-12-27(3)13-15-29)16-28(4)21-10-6-8-19-9-7-11-25-23(19)21;1-3-4-2/h7,9,11,21-22,31H,5-6,8,10,12-17H2,1-4H3;3-4H,1-2H3/b;4-3-/t21-,22?;/m0./s1. The Labute approximate surface area is 212 Å². The van der Waals surface area contributed by atoms with Crippen molar-refractivity contribution < 1.29 is 5.11 Å². The lowest BCUT2D eigenvalue weighted by atomic mass is 9.91. The van der Waals surface area contributed by atoms with Crippen LogP contribution in [-0.4, -0.2) is 74.6 Å². The highest BCUT2D eigenvalue weighted by molar-refractivity contribution is 5.26. The Bertz CT molecular complexity index is 943. The van der Waals surface area contributed by atoms with Crippen LogP contribution in [0.5, 0.6) is 0 Å². The van der Waals surface area contributed by atoms with Crippen molar-refractivity contribution in [3.05, 3.63) is 59.0 Å². The first-order valence-corrected chi connectivity index (χ1v) is 13.3. The largest absolute Gasteiger partial charge is 0.387 e. The number of likely N-dealkylation sites (N-methyl/N-ethyl adjacent to an activating group) is 1. The molecule has 2 atom stereocenters. The number of imidazole rings is 1. The molecule has 3 heterocycles. The predicted octanol–water partition coefficient (Wildman–Crippen LogP) is 4.33. The first-order chi connectivity index (χ1) is 16.9. The number of hydrogen-bond donors (Lipinski definition) is 1. The van der Waals surface area contributed by atoms with E-state index in [1.54, 1.807) is 0 Å². The van der Waals surface area contributed by atoms with E-state index in [9.17, 15) is 5.11 Å². The average molecular weight is 483 g/mol. The minimum Gasteiger partial charge on any atom is -0.387 e. The van der Waals surface area contributed by atoms with Crippen LogP contribution in [0.3, 0.4) is 0 Å². The number of hydrogen-bond acceptors (Lipinski definition) is 6. The molecule has 4 rings (SSSR count). The lowest BCUT2D eigenvalue weighted by molar-refractivity contribution is 0.111. The molecule has 0 bridgehead atoms. The maximum atomic E-state index is 10.9. The number of allylic oxidation sites excluding steroid dienone is 2. The Balaban J connectivity index is 0.000000795. The quantitative estimate of drug-likeness (QED) is 0.593. The summed E-state index contributed by atoms with van der Waals surface area (Å²) < 4.78 is 2.25. The summed E-state index contributed by atoms with van der Waals surface area (Å²) in [6, 6.07) is 4.56. The van der Waals surface area contributed by atoms with Gasteiger partial charge in [0.25, 0.3) is 0 Å². The zero-order valence-corrected chi connectivity index (χ0v) is 22.7. The van der Waals surface area contributed by atoms with Gasteiger partial charge in [-0.05, 0) is 72.2 Å². The van der Waals surface area contributed by atoms with Crippen LogP contribution in [0.4, 0.5) is 0 Å². The van der Waals surface area contributed by atoms with Crippen molar-refractivity contribution in [1.82, 2.24) is 29.2 Å². The number of fused-ring (bicyclic) bond motifs is 1. The first kappa shape index (κ1) is 27.5. The molecule has 2 aliphatic rings. The van der Waals surface area contributed by atoms with Crippen LogP contribution in [0.15, 0.2) is 30.5 Å². The third-order valence-corrected chi connectivity index (χ3v) is 7.34. The number of aromatic nitrogens is 3. The van der Waals surface area contributed by atoms with Gasteiger partial charge in [0, 0.05) is 38.9 Å². The summed E-state index contributed by atoms with van der Waals surface area (Å²) in [6.07, 6.45) is 9.53. The van der Waals surface area contributed by atoms with Gasteiger partial charge in [0.15, 0.2) is 0 Å². The molecule has 1 fully saturated rings. The molecule has 1 aliphatic carbocycles. The van der Waals surface area contributed by atoms with Crippen molar-refractivity contribution in [2.45, 2.75) is 78.7 Å². The lowest BCUT2D eigenvalue weighted by Gasteiger charge is -2.33. The molecule has 1 aliphatic heterocycles. The average Bonchev–Trinajstić information content (AvgIpc) is 3.18. The number of nitrogens with zero attached hydrogens (tertiary/aromatic N) is 6. The second kappa shape index (κ2) is 13.3. The highest BCUT2D eigenvalue weighted by Crippen LogP contribution is 2.34. The summed E-state index contributed by atoms with van der Waals surface area (Å²) in [5, 5.41) is 10.9. The SMILES string of the molecule is C/C=C\C.CCC(O)c1c(CN(C)[C@H]2CCCc3cccnc32)nc(C)n1CN1CCN(C)CC1. The fourth-order valence-corrected chi connectivity index (χ4v) is 5.05. The topological polar surface area (TPSA) is 60.7 Å². The van der Waals surface area contributed by atoms with Gasteiger partial charge in [-0.2, -0.15) is 0 Å². The van der Waals surface area contributed by atoms with E-state index in [2.05, 4.69) is 46.4 Å². The maximum Gasteiger partial charge on any atom is 0.107 e. The second-order valence-corrected chi connectivity index (χ2v) is 9.94.